The van der Waals surface area contributed by atoms with Crippen LogP contribution in [0.4, 0.5) is 0 Å². The molecule has 0 aliphatic carbocycles. The highest BCUT2D eigenvalue weighted by atomic mass is 32.2. The van der Waals surface area contributed by atoms with E-state index in [1.165, 1.54) is 16.7 Å². The number of benzene rings is 3. The van der Waals surface area contributed by atoms with Crippen LogP contribution in [-0.4, -0.2) is 36.9 Å². The number of hydrazone groups is 1. The molecule has 0 aliphatic rings. The highest BCUT2D eigenvalue weighted by molar-refractivity contribution is 7.99. The Morgan fingerprint density at radius 2 is 1.65 bits per heavy atom. The van der Waals surface area contributed by atoms with Gasteiger partial charge < -0.3 is 10.1 Å². The van der Waals surface area contributed by atoms with E-state index in [1.807, 2.05) is 42.5 Å². The number of rotatable bonds is 12. The van der Waals surface area contributed by atoms with E-state index < -0.39 is 0 Å². The van der Waals surface area contributed by atoms with E-state index in [2.05, 4.69) is 47.0 Å². The summed E-state index contributed by atoms with van der Waals surface area (Å²) in [5.41, 5.74) is 6.95. The van der Waals surface area contributed by atoms with Gasteiger partial charge in [0.25, 0.3) is 5.91 Å². The third-order valence-corrected chi connectivity index (χ3v) is 5.86. The summed E-state index contributed by atoms with van der Waals surface area (Å²) >= 11 is 1.54. The van der Waals surface area contributed by atoms with E-state index in [9.17, 15) is 9.59 Å². The topological polar surface area (TPSA) is 79.8 Å². The number of thioether (sulfide) groups is 1. The van der Waals surface area contributed by atoms with Gasteiger partial charge in [0.1, 0.15) is 5.75 Å². The van der Waals surface area contributed by atoms with Crippen molar-refractivity contribution in [3.63, 3.8) is 0 Å². The Hall–Kier alpha value is -3.58. The van der Waals surface area contributed by atoms with E-state index in [0.29, 0.717) is 18.0 Å². The Labute approximate surface area is 204 Å². The summed E-state index contributed by atoms with van der Waals surface area (Å²) in [7, 11) is 0. The molecule has 176 valence electrons. The van der Waals surface area contributed by atoms with Crippen LogP contribution < -0.4 is 15.5 Å². The molecule has 0 unspecified atom stereocenters. The molecule has 0 bridgehead atoms. The molecule has 3 aromatic carbocycles. The molecule has 0 saturated heterocycles. The average molecular weight is 476 g/mol. The molecule has 7 heteroatoms. The molecule has 0 atom stereocenters. The smallest absolute Gasteiger partial charge is 0.257 e. The molecule has 0 aliphatic heterocycles. The van der Waals surface area contributed by atoms with Crippen LogP contribution in [-0.2, 0) is 21.8 Å². The van der Waals surface area contributed by atoms with Crippen molar-refractivity contribution in [1.82, 2.24) is 10.7 Å². The van der Waals surface area contributed by atoms with Gasteiger partial charge in [-0.3, -0.25) is 9.59 Å². The Morgan fingerprint density at radius 1 is 0.912 bits per heavy atom. The predicted octanol–water partition coefficient (Wildman–Crippen LogP) is 4.12. The standard InChI is InChI=1S/C27H29N3O3S/c1-21-7-9-24(10-8-21)19-34-20-27(32)30-29-17-23-11-13-25(14-12-23)33-18-26(31)28-16-15-22-5-3-2-4-6-22/h2-14,17H,15-16,18-20H2,1H3,(H,28,31)(H,30,32)/b29-17-. The van der Waals surface area contributed by atoms with Gasteiger partial charge in [-0.25, -0.2) is 5.43 Å². The van der Waals surface area contributed by atoms with E-state index in [1.54, 1.807) is 30.1 Å². The summed E-state index contributed by atoms with van der Waals surface area (Å²) in [6.45, 7) is 2.58. The first-order valence-electron chi connectivity index (χ1n) is 11.1. The normalized spacial score (nSPS) is 10.7. The molecule has 0 aromatic heterocycles. The first-order valence-corrected chi connectivity index (χ1v) is 12.2. The average Bonchev–Trinajstić information content (AvgIpc) is 2.85. The second kappa shape index (κ2) is 13.9. The number of ether oxygens (including phenoxy) is 1. The number of carbonyl (C=O) groups is 2. The van der Waals surface area contributed by atoms with Crippen LogP contribution in [0.5, 0.6) is 5.75 Å². The number of nitrogens with one attached hydrogen (secondary N) is 2. The number of hydrogen-bond acceptors (Lipinski definition) is 5. The van der Waals surface area contributed by atoms with Crippen LogP contribution >= 0.6 is 11.8 Å². The van der Waals surface area contributed by atoms with E-state index in [4.69, 9.17) is 4.74 Å². The first-order chi connectivity index (χ1) is 16.6. The molecule has 2 N–H and O–H groups in total. The fourth-order valence-electron chi connectivity index (χ4n) is 3.00. The van der Waals surface area contributed by atoms with Crippen molar-refractivity contribution < 1.29 is 14.3 Å². The second-order valence-electron chi connectivity index (χ2n) is 7.71. The highest BCUT2D eigenvalue weighted by Crippen LogP contribution is 2.13. The van der Waals surface area contributed by atoms with Gasteiger partial charge in [-0.1, -0.05) is 60.2 Å². The van der Waals surface area contributed by atoms with E-state index in [0.717, 1.165) is 17.7 Å². The van der Waals surface area contributed by atoms with Gasteiger partial charge in [-0.15, -0.1) is 11.8 Å². The van der Waals surface area contributed by atoms with Crippen molar-refractivity contribution in [2.75, 3.05) is 18.9 Å². The molecule has 2 amide bonds. The van der Waals surface area contributed by atoms with Crippen LogP contribution in [0, 0.1) is 6.92 Å². The number of aryl methyl sites for hydroxylation is 1. The Bertz CT molecular complexity index is 1070. The van der Waals surface area contributed by atoms with Crippen molar-refractivity contribution in [2.24, 2.45) is 5.10 Å². The molecule has 0 fully saturated rings. The van der Waals surface area contributed by atoms with Crippen molar-refractivity contribution in [1.29, 1.82) is 0 Å². The fraction of sp³-hybridized carbons (Fsp3) is 0.222. The van der Waals surface area contributed by atoms with Gasteiger partial charge in [-0.05, 0) is 54.3 Å². The lowest BCUT2D eigenvalue weighted by molar-refractivity contribution is -0.123. The number of hydrogen-bond donors (Lipinski definition) is 2. The molecule has 0 saturated carbocycles. The molecule has 34 heavy (non-hydrogen) atoms. The zero-order chi connectivity index (χ0) is 24.0. The van der Waals surface area contributed by atoms with Crippen LogP contribution in [0.2, 0.25) is 0 Å². The maximum absolute atomic E-state index is 11.9. The second-order valence-corrected chi connectivity index (χ2v) is 8.70. The zero-order valence-corrected chi connectivity index (χ0v) is 20.0. The van der Waals surface area contributed by atoms with Crippen molar-refractivity contribution in [3.05, 3.63) is 101 Å². The van der Waals surface area contributed by atoms with Crippen molar-refractivity contribution in [2.45, 2.75) is 19.1 Å². The highest BCUT2D eigenvalue weighted by Gasteiger charge is 2.03. The Kier molecular flexibility index (Phi) is 10.2. The minimum Gasteiger partial charge on any atom is -0.484 e. The van der Waals surface area contributed by atoms with Gasteiger partial charge in [0.2, 0.25) is 5.91 Å². The molecule has 0 spiro atoms. The fourth-order valence-corrected chi connectivity index (χ4v) is 3.78. The summed E-state index contributed by atoms with van der Waals surface area (Å²) in [6, 6.07) is 25.4. The van der Waals surface area contributed by atoms with Crippen molar-refractivity contribution in [3.8, 4) is 5.75 Å². The summed E-state index contributed by atoms with van der Waals surface area (Å²) in [6.07, 6.45) is 2.35. The molecule has 0 radical (unpaired) electrons. The molecule has 6 nitrogen and oxygen atoms in total. The monoisotopic (exact) mass is 475 g/mol. The Balaban J connectivity index is 1.30. The van der Waals surface area contributed by atoms with Crippen LogP contribution in [0.25, 0.3) is 0 Å². The largest absolute Gasteiger partial charge is 0.484 e. The number of amides is 2. The SMILES string of the molecule is Cc1ccc(CSCC(=O)N/N=C\c2ccc(OCC(=O)NCCc3ccccc3)cc2)cc1. The minimum atomic E-state index is -0.162. The maximum Gasteiger partial charge on any atom is 0.257 e. The summed E-state index contributed by atoms with van der Waals surface area (Å²) in [5, 5.41) is 6.85. The number of nitrogens with zero attached hydrogens (tertiary/aromatic N) is 1. The van der Waals surface area contributed by atoms with Crippen LogP contribution in [0.15, 0.2) is 84.0 Å². The zero-order valence-electron chi connectivity index (χ0n) is 19.2. The lowest BCUT2D eigenvalue weighted by Gasteiger charge is -2.08. The van der Waals surface area contributed by atoms with E-state index in [-0.39, 0.29) is 18.4 Å². The number of carbonyl (C=O) groups excluding carboxylic acids is 2. The minimum absolute atomic E-state index is 0.0431. The third-order valence-electron chi connectivity index (χ3n) is 4.85. The Morgan fingerprint density at radius 3 is 2.38 bits per heavy atom. The molecular weight excluding hydrogens is 446 g/mol. The lowest BCUT2D eigenvalue weighted by Crippen LogP contribution is -2.30. The van der Waals surface area contributed by atoms with Crippen LogP contribution in [0.1, 0.15) is 22.3 Å². The molecule has 3 aromatic rings. The maximum atomic E-state index is 11.9. The molecule has 3 rings (SSSR count). The van der Waals surface area contributed by atoms with Gasteiger partial charge in [0.05, 0.1) is 12.0 Å². The summed E-state index contributed by atoms with van der Waals surface area (Å²) in [5.74, 6) is 1.40. The third kappa shape index (κ3) is 9.50. The predicted molar refractivity (Wildman–Crippen MR) is 138 cm³/mol. The van der Waals surface area contributed by atoms with Crippen LogP contribution in [0.3, 0.4) is 0 Å². The summed E-state index contributed by atoms with van der Waals surface area (Å²) < 4.78 is 5.53. The molecule has 0 heterocycles. The lowest BCUT2D eigenvalue weighted by atomic mass is 10.1. The molecular formula is C27H29N3O3S. The first kappa shape index (κ1) is 25.1. The van der Waals surface area contributed by atoms with Gasteiger partial charge >= 0.3 is 0 Å². The van der Waals surface area contributed by atoms with Gasteiger partial charge in [0.15, 0.2) is 6.61 Å². The van der Waals surface area contributed by atoms with Gasteiger partial charge in [-0.2, -0.15) is 5.10 Å². The summed E-state index contributed by atoms with van der Waals surface area (Å²) in [4.78, 5) is 23.9. The quantitative estimate of drug-likeness (QED) is 0.305. The van der Waals surface area contributed by atoms with Crippen molar-refractivity contribution >= 4 is 29.8 Å². The van der Waals surface area contributed by atoms with E-state index >= 15 is 0 Å². The van der Waals surface area contributed by atoms with Gasteiger partial charge in [0, 0.05) is 12.3 Å².